The van der Waals surface area contributed by atoms with Crippen molar-refractivity contribution in [3.05, 3.63) is 24.3 Å². The summed E-state index contributed by atoms with van der Waals surface area (Å²) >= 11 is 0. The number of rotatable bonds is 2. The minimum Gasteiger partial charge on any atom is -0.386 e. The Morgan fingerprint density at radius 3 is 2.67 bits per heavy atom. The van der Waals surface area contributed by atoms with Gasteiger partial charge in [0.25, 0.3) is 0 Å². The molecule has 1 aliphatic heterocycles. The number of likely N-dealkylation sites (N-methyl/N-ethyl adjacent to an activating group) is 1. The van der Waals surface area contributed by atoms with Crippen LogP contribution in [0.2, 0.25) is 0 Å². The number of nitrogens with zero attached hydrogens (tertiary/aromatic N) is 2. The summed E-state index contributed by atoms with van der Waals surface area (Å²) in [5.41, 5.74) is 7.82. The normalized spacial score (nSPS) is 15.0. The highest BCUT2D eigenvalue weighted by Crippen LogP contribution is 2.31. The van der Waals surface area contributed by atoms with Crippen molar-refractivity contribution in [1.82, 2.24) is 0 Å². The Labute approximate surface area is 89.8 Å². The Bertz CT molecular complexity index is 375. The van der Waals surface area contributed by atoms with Crippen LogP contribution in [0.15, 0.2) is 24.3 Å². The average Bonchev–Trinajstić information content (AvgIpc) is 2.22. The van der Waals surface area contributed by atoms with Gasteiger partial charge in [0.1, 0.15) is 5.84 Å². The van der Waals surface area contributed by atoms with Crippen LogP contribution in [0.3, 0.4) is 0 Å². The van der Waals surface area contributed by atoms with Crippen molar-refractivity contribution in [2.75, 3.05) is 36.5 Å². The van der Waals surface area contributed by atoms with Crippen molar-refractivity contribution in [3.63, 3.8) is 0 Å². The standard InChI is InChI=1S/C11H16N4/c1-14-6-7-15(8-11(12)13)10-5-3-2-4-9(10)14/h2-5H,6-8H2,1H3,(H3,12,13). The highest BCUT2D eigenvalue weighted by Gasteiger charge is 2.19. The van der Waals surface area contributed by atoms with E-state index >= 15 is 0 Å². The summed E-state index contributed by atoms with van der Waals surface area (Å²) in [6.45, 7) is 2.42. The molecule has 0 unspecified atom stereocenters. The zero-order valence-corrected chi connectivity index (χ0v) is 8.90. The topological polar surface area (TPSA) is 56.4 Å². The lowest BCUT2D eigenvalue weighted by molar-refractivity contribution is 0.777. The molecule has 1 aliphatic rings. The molecule has 0 radical (unpaired) electrons. The van der Waals surface area contributed by atoms with Crippen LogP contribution in [-0.2, 0) is 0 Å². The lowest BCUT2D eigenvalue weighted by Crippen LogP contribution is -2.43. The molecule has 0 atom stereocenters. The predicted octanol–water partition coefficient (Wildman–Crippen LogP) is 0.879. The van der Waals surface area contributed by atoms with Crippen molar-refractivity contribution in [2.45, 2.75) is 0 Å². The molecule has 0 saturated carbocycles. The summed E-state index contributed by atoms with van der Waals surface area (Å²) in [6, 6.07) is 8.23. The largest absolute Gasteiger partial charge is 0.386 e. The molecule has 0 aliphatic carbocycles. The third kappa shape index (κ3) is 1.88. The second-order valence-electron chi connectivity index (χ2n) is 3.86. The second kappa shape index (κ2) is 3.81. The van der Waals surface area contributed by atoms with Gasteiger partial charge in [-0.1, -0.05) is 12.1 Å². The third-order valence-electron chi connectivity index (χ3n) is 2.70. The summed E-state index contributed by atoms with van der Waals surface area (Å²) < 4.78 is 0. The molecule has 0 bridgehead atoms. The summed E-state index contributed by atoms with van der Waals surface area (Å²) in [4.78, 5) is 4.38. The Hall–Kier alpha value is -1.71. The molecule has 2 rings (SSSR count). The van der Waals surface area contributed by atoms with Gasteiger partial charge in [0.15, 0.2) is 0 Å². The van der Waals surface area contributed by atoms with Crippen LogP contribution in [-0.4, -0.2) is 32.5 Å². The van der Waals surface area contributed by atoms with Gasteiger partial charge in [0.05, 0.1) is 17.9 Å². The smallest absolute Gasteiger partial charge is 0.110 e. The first kappa shape index (κ1) is 9.83. The second-order valence-corrected chi connectivity index (χ2v) is 3.86. The highest BCUT2D eigenvalue weighted by atomic mass is 15.3. The van der Waals surface area contributed by atoms with Crippen LogP contribution in [0.4, 0.5) is 11.4 Å². The van der Waals surface area contributed by atoms with Gasteiger partial charge >= 0.3 is 0 Å². The summed E-state index contributed by atoms with van der Waals surface area (Å²) in [7, 11) is 2.09. The molecule has 0 aromatic heterocycles. The monoisotopic (exact) mass is 204 g/mol. The predicted molar refractivity (Wildman–Crippen MR) is 63.8 cm³/mol. The van der Waals surface area contributed by atoms with Crippen molar-refractivity contribution in [1.29, 1.82) is 5.41 Å². The quantitative estimate of drug-likeness (QED) is 0.555. The number of benzene rings is 1. The zero-order valence-electron chi connectivity index (χ0n) is 8.90. The maximum atomic E-state index is 7.34. The lowest BCUT2D eigenvalue weighted by Gasteiger charge is -2.36. The fourth-order valence-corrected chi connectivity index (χ4v) is 1.94. The van der Waals surface area contributed by atoms with E-state index in [0.717, 1.165) is 13.1 Å². The van der Waals surface area contributed by atoms with Gasteiger partial charge in [-0.3, -0.25) is 5.41 Å². The molecule has 1 aromatic carbocycles. The zero-order chi connectivity index (χ0) is 10.8. The maximum Gasteiger partial charge on any atom is 0.110 e. The van der Waals surface area contributed by atoms with Gasteiger partial charge in [-0.15, -0.1) is 0 Å². The molecule has 0 fully saturated rings. The first-order valence-electron chi connectivity index (χ1n) is 5.06. The van der Waals surface area contributed by atoms with Gasteiger partial charge in [-0.2, -0.15) is 0 Å². The first-order chi connectivity index (χ1) is 7.18. The fourth-order valence-electron chi connectivity index (χ4n) is 1.94. The van der Waals surface area contributed by atoms with Crippen LogP contribution in [0, 0.1) is 5.41 Å². The summed E-state index contributed by atoms with van der Waals surface area (Å²) in [5.74, 6) is 0.217. The van der Waals surface area contributed by atoms with Crippen LogP contribution in [0.25, 0.3) is 0 Å². The number of fused-ring (bicyclic) bond motifs is 1. The minimum atomic E-state index is 0.217. The molecule has 4 heteroatoms. The molecule has 0 saturated heterocycles. The van der Waals surface area contributed by atoms with Gasteiger partial charge in [-0.05, 0) is 12.1 Å². The Balaban J connectivity index is 2.31. The number of para-hydroxylation sites is 2. The van der Waals surface area contributed by atoms with E-state index in [0.29, 0.717) is 6.54 Å². The van der Waals surface area contributed by atoms with Gasteiger partial charge in [0, 0.05) is 20.1 Å². The molecule has 4 nitrogen and oxygen atoms in total. The van der Waals surface area contributed by atoms with E-state index in [-0.39, 0.29) is 5.84 Å². The molecular weight excluding hydrogens is 188 g/mol. The SMILES string of the molecule is CN1CCN(CC(=N)N)c2ccccc21. The molecule has 15 heavy (non-hydrogen) atoms. The molecular formula is C11H16N4. The van der Waals surface area contributed by atoms with E-state index in [2.05, 4.69) is 29.0 Å². The minimum absolute atomic E-state index is 0.217. The van der Waals surface area contributed by atoms with Crippen molar-refractivity contribution < 1.29 is 0 Å². The molecule has 1 heterocycles. The van der Waals surface area contributed by atoms with Crippen LogP contribution in [0.1, 0.15) is 0 Å². The molecule has 80 valence electrons. The Morgan fingerprint density at radius 2 is 2.00 bits per heavy atom. The number of nitrogens with two attached hydrogens (primary N) is 1. The molecule has 0 amide bonds. The number of hydrogen-bond acceptors (Lipinski definition) is 3. The fraction of sp³-hybridized carbons (Fsp3) is 0.364. The van der Waals surface area contributed by atoms with Gasteiger partial charge in [-0.25, -0.2) is 0 Å². The average molecular weight is 204 g/mol. The van der Waals surface area contributed by atoms with E-state index in [1.807, 2.05) is 12.1 Å². The van der Waals surface area contributed by atoms with E-state index in [9.17, 15) is 0 Å². The maximum absolute atomic E-state index is 7.34. The van der Waals surface area contributed by atoms with Crippen LogP contribution >= 0.6 is 0 Å². The molecule has 1 aromatic rings. The van der Waals surface area contributed by atoms with Crippen LogP contribution in [0.5, 0.6) is 0 Å². The van der Waals surface area contributed by atoms with Crippen molar-refractivity contribution >= 4 is 17.2 Å². The van der Waals surface area contributed by atoms with Crippen LogP contribution < -0.4 is 15.5 Å². The van der Waals surface area contributed by atoms with E-state index in [1.165, 1.54) is 11.4 Å². The summed E-state index contributed by atoms with van der Waals surface area (Å²) in [6.07, 6.45) is 0. The van der Waals surface area contributed by atoms with Gasteiger partial charge in [0.2, 0.25) is 0 Å². The highest BCUT2D eigenvalue weighted by molar-refractivity contribution is 5.85. The number of hydrogen-bond donors (Lipinski definition) is 2. The summed E-state index contributed by atoms with van der Waals surface area (Å²) in [5, 5.41) is 7.34. The van der Waals surface area contributed by atoms with Gasteiger partial charge < -0.3 is 15.5 Å². The molecule has 0 spiro atoms. The first-order valence-corrected chi connectivity index (χ1v) is 5.06. The Kier molecular flexibility index (Phi) is 2.49. The van der Waals surface area contributed by atoms with Crippen molar-refractivity contribution in [2.24, 2.45) is 5.73 Å². The lowest BCUT2D eigenvalue weighted by atomic mass is 10.2. The van der Waals surface area contributed by atoms with E-state index < -0.39 is 0 Å². The molecule has 3 N–H and O–H groups in total. The Morgan fingerprint density at radius 1 is 1.33 bits per heavy atom. The van der Waals surface area contributed by atoms with Crippen molar-refractivity contribution in [3.8, 4) is 0 Å². The number of anilines is 2. The van der Waals surface area contributed by atoms with E-state index in [4.69, 9.17) is 11.1 Å². The van der Waals surface area contributed by atoms with E-state index in [1.54, 1.807) is 0 Å². The number of nitrogens with one attached hydrogen (secondary N) is 1. The number of amidine groups is 1. The third-order valence-corrected chi connectivity index (χ3v) is 2.70.